The van der Waals surface area contributed by atoms with Gasteiger partial charge in [0.2, 0.25) is 0 Å². The van der Waals surface area contributed by atoms with Gasteiger partial charge in [-0.15, -0.1) is 0 Å². The van der Waals surface area contributed by atoms with Crippen molar-refractivity contribution in [3.8, 4) is 6.07 Å². The van der Waals surface area contributed by atoms with Crippen LogP contribution in [-0.4, -0.2) is 8.42 Å². The fraction of sp³-hybridized carbons (Fsp3) is 0.0714. The fourth-order valence-corrected chi connectivity index (χ4v) is 2.97. The normalized spacial score (nSPS) is 10.7. The molecular weight excluding hydrogens is 260 g/mol. The monoisotopic (exact) mass is 272 g/mol. The van der Waals surface area contributed by atoms with Gasteiger partial charge in [-0.05, 0) is 30.7 Å². The molecule has 4 nitrogen and oxygen atoms in total. The Labute approximate surface area is 112 Å². The van der Waals surface area contributed by atoms with Crippen LogP contribution in [0.3, 0.4) is 0 Å². The summed E-state index contributed by atoms with van der Waals surface area (Å²) in [5, 5.41) is 8.96. The second kappa shape index (κ2) is 5.12. The first kappa shape index (κ1) is 13.1. The van der Waals surface area contributed by atoms with Crippen molar-refractivity contribution in [2.75, 3.05) is 4.72 Å². The van der Waals surface area contributed by atoms with E-state index in [1.54, 1.807) is 24.3 Å². The lowest BCUT2D eigenvalue weighted by molar-refractivity contribution is 0.601. The smallest absolute Gasteiger partial charge is 0.263 e. The van der Waals surface area contributed by atoms with Crippen molar-refractivity contribution in [2.24, 2.45) is 0 Å². The van der Waals surface area contributed by atoms with E-state index in [0.717, 1.165) is 5.56 Å². The Morgan fingerprint density at radius 2 is 1.68 bits per heavy atom. The lowest BCUT2D eigenvalue weighted by Gasteiger charge is -2.11. The lowest BCUT2D eigenvalue weighted by atomic mass is 10.2. The van der Waals surface area contributed by atoms with Gasteiger partial charge in [0.05, 0.1) is 11.3 Å². The minimum absolute atomic E-state index is 0.0132. The average molecular weight is 272 g/mol. The Morgan fingerprint density at radius 3 is 2.37 bits per heavy atom. The van der Waals surface area contributed by atoms with E-state index in [1.807, 2.05) is 25.1 Å². The molecule has 0 radical (unpaired) electrons. The molecule has 0 saturated heterocycles. The van der Waals surface area contributed by atoms with Crippen molar-refractivity contribution in [1.82, 2.24) is 0 Å². The molecule has 0 amide bonds. The van der Waals surface area contributed by atoms with Crippen LogP contribution < -0.4 is 4.72 Å². The van der Waals surface area contributed by atoms with Crippen molar-refractivity contribution >= 4 is 15.7 Å². The molecule has 2 aromatic carbocycles. The Morgan fingerprint density at radius 1 is 1.05 bits per heavy atom. The van der Waals surface area contributed by atoms with E-state index < -0.39 is 10.0 Å². The summed E-state index contributed by atoms with van der Waals surface area (Å²) in [5.41, 5.74) is 1.46. The maximum Gasteiger partial charge on any atom is 0.263 e. The van der Waals surface area contributed by atoms with Gasteiger partial charge in [0.15, 0.2) is 0 Å². The van der Waals surface area contributed by atoms with E-state index in [-0.39, 0.29) is 10.5 Å². The molecule has 0 saturated carbocycles. The van der Waals surface area contributed by atoms with E-state index in [4.69, 9.17) is 5.26 Å². The summed E-state index contributed by atoms with van der Waals surface area (Å²) in [6.45, 7) is 1.81. The lowest BCUT2D eigenvalue weighted by Crippen LogP contribution is -2.15. The van der Waals surface area contributed by atoms with Crippen molar-refractivity contribution < 1.29 is 8.42 Å². The van der Waals surface area contributed by atoms with Crippen LogP contribution in [0.2, 0.25) is 0 Å². The zero-order valence-electron chi connectivity index (χ0n) is 10.3. The molecule has 0 aliphatic rings. The average Bonchev–Trinajstić information content (AvgIpc) is 2.41. The molecule has 19 heavy (non-hydrogen) atoms. The van der Waals surface area contributed by atoms with Crippen LogP contribution in [0.4, 0.5) is 5.69 Å². The predicted molar refractivity (Wildman–Crippen MR) is 73.1 cm³/mol. The molecule has 0 spiro atoms. The van der Waals surface area contributed by atoms with Gasteiger partial charge in [-0.1, -0.05) is 30.3 Å². The van der Waals surface area contributed by atoms with Gasteiger partial charge in [0.25, 0.3) is 10.0 Å². The number of nitriles is 1. The minimum Gasteiger partial charge on any atom is -0.279 e. The summed E-state index contributed by atoms with van der Waals surface area (Å²) in [7, 11) is -3.75. The maximum absolute atomic E-state index is 12.3. The van der Waals surface area contributed by atoms with Crippen molar-refractivity contribution in [3.63, 3.8) is 0 Å². The second-order valence-corrected chi connectivity index (χ2v) is 5.68. The number of benzene rings is 2. The van der Waals surface area contributed by atoms with E-state index in [9.17, 15) is 8.42 Å². The highest BCUT2D eigenvalue weighted by molar-refractivity contribution is 7.92. The molecule has 0 aliphatic heterocycles. The van der Waals surface area contributed by atoms with Gasteiger partial charge in [-0.25, -0.2) is 8.42 Å². The SMILES string of the molecule is Cc1ccccc1NS(=O)(=O)c1ccccc1C#N. The van der Waals surface area contributed by atoms with Crippen molar-refractivity contribution in [3.05, 3.63) is 59.7 Å². The Kier molecular flexibility index (Phi) is 3.54. The number of rotatable bonds is 3. The highest BCUT2D eigenvalue weighted by Crippen LogP contribution is 2.21. The Hall–Kier alpha value is -2.32. The third kappa shape index (κ3) is 2.75. The van der Waals surface area contributed by atoms with Crippen molar-refractivity contribution in [1.29, 1.82) is 5.26 Å². The molecule has 2 rings (SSSR count). The quantitative estimate of drug-likeness (QED) is 0.933. The third-order valence-corrected chi connectivity index (χ3v) is 4.11. The summed E-state index contributed by atoms with van der Waals surface area (Å²) >= 11 is 0. The first-order valence-electron chi connectivity index (χ1n) is 5.62. The van der Waals surface area contributed by atoms with Crippen LogP contribution in [-0.2, 0) is 10.0 Å². The number of hydrogen-bond acceptors (Lipinski definition) is 3. The van der Waals surface area contributed by atoms with E-state index in [0.29, 0.717) is 5.69 Å². The topological polar surface area (TPSA) is 70.0 Å². The molecule has 96 valence electrons. The summed E-state index contributed by atoms with van der Waals surface area (Å²) in [6, 6.07) is 15.1. The van der Waals surface area contributed by atoms with Crippen LogP contribution >= 0.6 is 0 Å². The highest BCUT2D eigenvalue weighted by atomic mass is 32.2. The molecule has 1 N–H and O–H groups in total. The standard InChI is InChI=1S/C14H12N2O2S/c1-11-6-2-4-8-13(11)16-19(17,18)14-9-5-3-7-12(14)10-15/h2-9,16H,1H3. The molecule has 5 heteroatoms. The second-order valence-electron chi connectivity index (χ2n) is 4.03. The van der Waals surface area contributed by atoms with Gasteiger partial charge in [-0.2, -0.15) is 5.26 Å². The van der Waals surface area contributed by atoms with Crippen LogP contribution in [0.15, 0.2) is 53.4 Å². The summed E-state index contributed by atoms with van der Waals surface area (Å²) in [5.74, 6) is 0. The first-order chi connectivity index (χ1) is 9.04. The molecule has 0 bridgehead atoms. The summed E-state index contributed by atoms with van der Waals surface area (Å²) < 4.78 is 27.0. The van der Waals surface area contributed by atoms with Crippen molar-refractivity contribution in [2.45, 2.75) is 11.8 Å². The predicted octanol–water partition coefficient (Wildman–Crippen LogP) is 2.67. The van der Waals surface area contributed by atoms with Gasteiger partial charge in [-0.3, -0.25) is 4.72 Å². The van der Waals surface area contributed by atoms with Crippen LogP contribution in [0.5, 0.6) is 0 Å². The fourth-order valence-electron chi connectivity index (χ4n) is 1.68. The number of hydrogen-bond donors (Lipinski definition) is 1. The van der Waals surface area contributed by atoms with Gasteiger partial charge >= 0.3 is 0 Å². The summed E-state index contributed by atoms with van der Waals surface area (Å²) in [4.78, 5) is -0.0132. The number of anilines is 1. The third-order valence-electron chi connectivity index (χ3n) is 2.69. The number of sulfonamides is 1. The van der Waals surface area contributed by atoms with Crippen LogP contribution in [0.1, 0.15) is 11.1 Å². The zero-order chi connectivity index (χ0) is 13.9. The highest BCUT2D eigenvalue weighted by Gasteiger charge is 2.18. The maximum atomic E-state index is 12.3. The first-order valence-corrected chi connectivity index (χ1v) is 7.10. The van der Waals surface area contributed by atoms with E-state index >= 15 is 0 Å². The number of aryl methyl sites for hydroxylation is 1. The molecule has 0 atom stereocenters. The van der Waals surface area contributed by atoms with E-state index in [2.05, 4.69) is 4.72 Å². The molecular formula is C14H12N2O2S. The van der Waals surface area contributed by atoms with Crippen LogP contribution in [0.25, 0.3) is 0 Å². The molecule has 0 heterocycles. The Bertz CT molecular complexity index is 746. The molecule has 2 aromatic rings. The molecule has 0 unspecified atom stereocenters. The van der Waals surface area contributed by atoms with Gasteiger partial charge in [0, 0.05) is 0 Å². The van der Waals surface area contributed by atoms with E-state index in [1.165, 1.54) is 12.1 Å². The minimum atomic E-state index is -3.75. The number of nitrogens with one attached hydrogen (secondary N) is 1. The zero-order valence-corrected chi connectivity index (χ0v) is 11.1. The van der Waals surface area contributed by atoms with Crippen LogP contribution in [0, 0.1) is 18.3 Å². The van der Waals surface area contributed by atoms with Gasteiger partial charge < -0.3 is 0 Å². The van der Waals surface area contributed by atoms with Gasteiger partial charge in [0.1, 0.15) is 11.0 Å². The molecule has 0 aliphatic carbocycles. The molecule has 0 aromatic heterocycles. The number of para-hydroxylation sites is 1. The Balaban J connectivity index is 2.45. The summed E-state index contributed by atoms with van der Waals surface area (Å²) in [6.07, 6.45) is 0. The molecule has 0 fully saturated rings. The number of nitrogens with zero attached hydrogens (tertiary/aromatic N) is 1. The largest absolute Gasteiger partial charge is 0.279 e.